The number of fused-ring (bicyclic) bond motifs is 4. The number of aromatic nitrogens is 1. The zero-order valence-electron chi connectivity index (χ0n) is 14.6. The number of amides is 1. The molecule has 1 saturated heterocycles. The summed E-state index contributed by atoms with van der Waals surface area (Å²) < 4.78 is 14.8. The highest BCUT2D eigenvalue weighted by Crippen LogP contribution is 2.50. The van der Waals surface area contributed by atoms with Crippen molar-refractivity contribution >= 4 is 34.1 Å². The van der Waals surface area contributed by atoms with Gasteiger partial charge in [-0.2, -0.15) is 0 Å². The zero-order valence-corrected chi connectivity index (χ0v) is 15.3. The van der Waals surface area contributed by atoms with Crippen LogP contribution in [0.15, 0.2) is 6.07 Å². The van der Waals surface area contributed by atoms with Gasteiger partial charge in [-0.25, -0.2) is 4.39 Å². The van der Waals surface area contributed by atoms with E-state index in [0.717, 1.165) is 34.8 Å². The maximum Gasteiger partial charge on any atom is 0.248 e. The number of aliphatic hydroxyl groups excluding tert-OH is 1. The van der Waals surface area contributed by atoms with Crippen LogP contribution < -0.4 is 4.90 Å². The van der Waals surface area contributed by atoms with Gasteiger partial charge in [-0.3, -0.25) is 4.79 Å². The van der Waals surface area contributed by atoms with Gasteiger partial charge >= 0.3 is 0 Å². The molecule has 2 aliphatic heterocycles. The van der Waals surface area contributed by atoms with Gasteiger partial charge in [0, 0.05) is 47.9 Å². The van der Waals surface area contributed by atoms with Gasteiger partial charge in [0.25, 0.3) is 0 Å². The third-order valence-electron chi connectivity index (χ3n) is 6.35. The summed E-state index contributed by atoms with van der Waals surface area (Å²) in [6, 6.07) is 2.05. The van der Waals surface area contributed by atoms with Gasteiger partial charge in [0.2, 0.25) is 5.91 Å². The van der Waals surface area contributed by atoms with Gasteiger partial charge in [0.05, 0.1) is 16.6 Å². The van der Waals surface area contributed by atoms with Gasteiger partial charge < -0.3 is 19.9 Å². The standard InChI is InChI=1S/C19H21ClFN3O2/c1-9-16-12(3-5-23(9)15(26)8-25)22-19-17(16)14(7-11(20)18(19)21)24-4-2-10-6-13(10)24/h7,9-10,13,22,25H,2-6,8H2,1H3/t9-,10?,13?/m0/s1. The van der Waals surface area contributed by atoms with Crippen LogP contribution in [0.5, 0.6) is 0 Å². The zero-order chi connectivity index (χ0) is 18.2. The van der Waals surface area contributed by atoms with E-state index in [2.05, 4.69) is 9.88 Å². The minimum absolute atomic E-state index is 0.131. The Labute approximate surface area is 155 Å². The lowest BCUT2D eigenvalue weighted by molar-refractivity contribution is -0.136. The Balaban J connectivity index is 1.72. The van der Waals surface area contributed by atoms with Crippen molar-refractivity contribution in [2.45, 2.75) is 38.3 Å². The maximum atomic E-state index is 14.8. The minimum Gasteiger partial charge on any atom is -0.387 e. The van der Waals surface area contributed by atoms with Gasteiger partial charge in [-0.15, -0.1) is 0 Å². The van der Waals surface area contributed by atoms with E-state index >= 15 is 0 Å². The molecule has 3 atom stereocenters. The lowest BCUT2D eigenvalue weighted by Crippen LogP contribution is -2.40. The van der Waals surface area contributed by atoms with Crippen molar-refractivity contribution in [3.05, 3.63) is 28.2 Å². The highest BCUT2D eigenvalue weighted by molar-refractivity contribution is 6.32. The van der Waals surface area contributed by atoms with Crippen LogP contribution in [-0.4, -0.2) is 46.6 Å². The van der Waals surface area contributed by atoms with E-state index in [1.54, 1.807) is 11.0 Å². The first kappa shape index (κ1) is 16.4. The number of halogens is 2. The maximum absolute atomic E-state index is 14.8. The normalized spacial score (nSPS) is 27.0. The summed E-state index contributed by atoms with van der Waals surface area (Å²) in [6.07, 6.45) is 2.97. The first-order chi connectivity index (χ1) is 12.5. The van der Waals surface area contributed by atoms with Crippen molar-refractivity contribution in [3.8, 4) is 0 Å². The molecule has 2 unspecified atom stereocenters. The Hall–Kier alpha value is -1.79. The summed E-state index contributed by atoms with van der Waals surface area (Å²) >= 11 is 6.21. The number of carbonyl (C=O) groups is 1. The molecule has 7 heteroatoms. The first-order valence-electron chi connectivity index (χ1n) is 9.20. The fourth-order valence-electron chi connectivity index (χ4n) is 4.96. The van der Waals surface area contributed by atoms with Gasteiger partial charge in [-0.05, 0) is 31.7 Å². The SMILES string of the molecule is C[C@H]1c2c([nH]c3c(F)c(Cl)cc(N4CCC5CC54)c23)CCN1C(=O)CO. The molecule has 5 rings (SSSR count). The number of H-pyrrole nitrogens is 1. The number of piperidine rings is 1. The molecule has 3 heterocycles. The molecule has 1 saturated carbocycles. The molecule has 138 valence electrons. The van der Waals surface area contributed by atoms with E-state index in [9.17, 15) is 14.3 Å². The molecule has 26 heavy (non-hydrogen) atoms. The van der Waals surface area contributed by atoms with Crippen molar-refractivity contribution in [1.82, 2.24) is 9.88 Å². The van der Waals surface area contributed by atoms with Crippen LogP contribution in [0.2, 0.25) is 5.02 Å². The van der Waals surface area contributed by atoms with Crippen LogP contribution in [0, 0.1) is 11.7 Å². The smallest absolute Gasteiger partial charge is 0.248 e. The lowest BCUT2D eigenvalue weighted by atomic mass is 9.95. The average molecular weight is 378 g/mol. The van der Waals surface area contributed by atoms with Crippen LogP contribution in [0.3, 0.4) is 0 Å². The molecule has 5 nitrogen and oxygen atoms in total. The third kappa shape index (κ3) is 2.15. The Morgan fingerprint density at radius 1 is 1.46 bits per heavy atom. The summed E-state index contributed by atoms with van der Waals surface area (Å²) in [5.41, 5.74) is 3.33. The van der Waals surface area contributed by atoms with Gasteiger partial charge in [0.1, 0.15) is 6.61 Å². The third-order valence-corrected chi connectivity index (χ3v) is 6.62. The molecular weight excluding hydrogens is 357 g/mol. The highest BCUT2D eigenvalue weighted by Gasteiger charge is 2.48. The second-order valence-corrected chi connectivity index (χ2v) is 8.08. The summed E-state index contributed by atoms with van der Waals surface area (Å²) in [5.74, 6) is 0.0176. The van der Waals surface area contributed by atoms with Crippen molar-refractivity contribution in [2.75, 3.05) is 24.6 Å². The molecule has 2 aromatic rings. The van der Waals surface area contributed by atoms with Crippen molar-refractivity contribution in [3.63, 3.8) is 0 Å². The monoisotopic (exact) mass is 377 g/mol. The van der Waals surface area contributed by atoms with E-state index in [-0.39, 0.29) is 17.0 Å². The molecule has 0 radical (unpaired) electrons. The summed E-state index contributed by atoms with van der Waals surface area (Å²) in [6.45, 7) is 2.91. The number of aromatic amines is 1. The lowest BCUT2D eigenvalue weighted by Gasteiger charge is -2.34. The van der Waals surface area contributed by atoms with E-state index in [0.29, 0.717) is 24.5 Å². The number of benzene rings is 1. The molecule has 1 aromatic carbocycles. The van der Waals surface area contributed by atoms with Crippen LogP contribution in [0.25, 0.3) is 10.9 Å². The molecule has 1 aromatic heterocycles. The largest absolute Gasteiger partial charge is 0.387 e. The molecule has 0 bridgehead atoms. The number of nitrogens with one attached hydrogen (secondary N) is 1. The molecule has 3 aliphatic rings. The van der Waals surface area contributed by atoms with E-state index in [1.807, 2.05) is 6.92 Å². The quantitative estimate of drug-likeness (QED) is 0.845. The van der Waals surface area contributed by atoms with Crippen LogP contribution in [-0.2, 0) is 11.2 Å². The Kier molecular flexibility index (Phi) is 3.53. The predicted molar refractivity (Wildman–Crippen MR) is 98.0 cm³/mol. The minimum atomic E-state index is -0.509. The van der Waals surface area contributed by atoms with Crippen LogP contribution >= 0.6 is 11.6 Å². The van der Waals surface area contributed by atoms with Crippen molar-refractivity contribution in [1.29, 1.82) is 0 Å². The molecular formula is C19H21ClFN3O2. The van der Waals surface area contributed by atoms with Crippen LogP contribution in [0.4, 0.5) is 10.1 Å². The number of anilines is 1. The van der Waals surface area contributed by atoms with Crippen LogP contribution in [0.1, 0.15) is 37.1 Å². The van der Waals surface area contributed by atoms with E-state index in [1.165, 1.54) is 12.8 Å². The topological polar surface area (TPSA) is 59.6 Å². The molecule has 2 N–H and O–H groups in total. The van der Waals surface area contributed by atoms with Gasteiger partial charge in [0.15, 0.2) is 5.82 Å². The number of nitrogens with zero attached hydrogens (tertiary/aromatic N) is 2. The Morgan fingerprint density at radius 3 is 2.92 bits per heavy atom. The highest BCUT2D eigenvalue weighted by atomic mass is 35.5. The predicted octanol–water partition coefficient (Wildman–Crippen LogP) is 3.00. The fourth-order valence-corrected chi connectivity index (χ4v) is 5.16. The molecule has 1 aliphatic carbocycles. The second kappa shape index (κ2) is 5.60. The van der Waals surface area contributed by atoms with E-state index < -0.39 is 12.4 Å². The molecule has 1 amide bonds. The summed E-state index contributed by atoms with van der Waals surface area (Å²) in [7, 11) is 0. The number of hydrogen-bond acceptors (Lipinski definition) is 3. The summed E-state index contributed by atoms with van der Waals surface area (Å²) in [5, 5.41) is 10.3. The summed E-state index contributed by atoms with van der Waals surface area (Å²) in [4.78, 5) is 19.4. The molecule has 2 fully saturated rings. The average Bonchev–Trinajstić information content (AvgIpc) is 3.11. The van der Waals surface area contributed by atoms with Crippen molar-refractivity contribution < 1.29 is 14.3 Å². The van der Waals surface area contributed by atoms with Crippen molar-refractivity contribution in [2.24, 2.45) is 5.92 Å². The Bertz CT molecular complexity index is 927. The fraction of sp³-hybridized carbons (Fsp3) is 0.526. The number of aliphatic hydroxyl groups is 1. The molecule has 0 spiro atoms. The number of hydrogen-bond donors (Lipinski definition) is 2. The second-order valence-electron chi connectivity index (χ2n) is 7.68. The Morgan fingerprint density at radius 2 is 2.27 bits per heavy atom. The van der Waals surface area contributed by atoms with E-state index in [4.69, 9.17) is 11.6 Å². The van der Waals surface area contributed by atoms with Gasteiger partial charge in [-0.1, -0.05) is 11.6 Å². The first-order valence-corrected chi connectivity index (χ1v) is 9.58. The number of carbonyl (C=O) groups excluding carboxylic acids is 1. The number of rotatable bonds is 2.